The summed E-state index contributed by atoms with van der Waals surface area (Å²) in [6.45, 7) is 0.423. The van der Waals surface area contributed by atoms with E-state index < -0.39 is 5.97 Å². The lowest BCUT2D eigenvalue weighted by molar-refractivity contribution is 0.0690. The van der Waals surface area contributed by atoms with Crippen molar-refractivity contribution in [2.75, 3.05) is 6.61 Å². The standard InChI is InChI=1S/C16H18N2O3/c19-11-14(9-12-5-2-1-3-6-12)17-10-13-7-4-8-15(18-13)16(20)21/h1-8,14,17,19H,9-11H2,(H,20,21). The lowest BCUT2D eigenvalue weighted by Gasteiger charge is -2.16. The third-order valence-corrected chi connectivity index (χ3v) is 3.14. The Morgan fingerprint density at radius 3 is 2.57 bits per heavy atom. The SMILES string of the molecule is O=C(O)c1cccc(CNC(CO)Cc2ccccc2)n1. The minimum absolute atomic E-state index is 0.00746. The van der Waals surface area contributed by atoms with Gasteiger partial charge in [-0.3, -0.25) is 0 Å². The number of benzene rings is 1. The number of hydrogen-bond acceptors (Lipinski definition) is 4. The maximum absolute atomic E-state index is 10.9. The van der Waals surface area contributed by atoms with Crippen LogP contribution in [0.25, 0.3) is 0 Å². The highest BCUT2D eigenvalue weighted by atomic mass is 16.4. The monoisotopic (exact) mass is 286 g/mol. The molecule has 0 aliphatic rings. The number of pyridine rings is 1. The third kappa shape index (κ3) is 4.66. The van der Waals surface area contributed by atoms with Crippen molar-refractivity contribution in [1.29, 1.82) is 0 Å². The normalized spacial score (nSPS) is 12.0. The molecule has 1 heterocycles. The van der Waals surface area contributed by atoms with E-state index in [0.717, 1.165) is 5.56 Å². The van der Waals surface area contributed by atoms with Gasteiger partial charge >= 0.3 is 5.97 Å². The Labute approximate surface area is 123 Å². The van der Waals surface area contributed by atoms with Gasteiger partial charge in [0.1, 0.15) is 5.69 Å². The molecule has 0 bridgehead atoms. The maximum atomic E-state index is 10.9. The number of aliphatic hydroxyl groups is 1. The van der Waals surface area contributed by atoms with E-state index in [2.05, 4.69) is 10.3 Å². The van der Waals surface area contributed by atoms with E-state index in [1.54, 1.807) is 12.1 Å². The van der Waals surface area contributed by atoms with Crippen LogP contribution in [0.15, 0.2) is 48.5 Å². The minimum atomic E-state index is -1.04. The number of nitrogens with one attached hydrogen (secondary N) is 1. The summed E-state index contributed by atoms with van der Waals surface area (Å²) in [7, 11) is 0. The molecule has 0 saturated carbocycles. The second-order valence-corrected chi connectivity index (χ2v) is 4.77. The molecule has 21 heavy (non-hydrogen) atoms. The smallest absolute Gasteiger partial charge is 0.354 e. The summed E-state index contributed by atoms with van der Waals surface area (Å²) in [5, 5.41) is 21.5. The molecule has 1 aromatic heterocycles. The molecular weight excluding hydrogens is 268 g/mol. The van der Waals surface area contributed by atoms with Gasteiger partial charge in [0, 0.05) is 12.6 Å². The summed E-state index contributed by atoms with van der Waals surface area (Å²) in [5.74, 6) is -1.04. The summed E-state index contributed by atoms with van der Waals surface area (Å²) in [6.07, 6.45) is 0.704. The second-order valence-electron chi connectivity index (χ2n) is 4.77. The van der Waals surface area contributed by atoms with Gasteiger partial charge in [0.2, 0.25) is 0 Å². The minimum Gasteiger partial charge on any atom is -0.477 e. The van der Waals surface area contributed by atoms with Crippen LogP contribution in [0.5, 0.6) is 0 Å². The fourth-order valence-electron chi connectivity index (χ4n) is 2.05. The zero-order valence-electron chi connectivity index (χ0n) is 11.6. The van der Waals surface area contributed by atoms with E-state index in [1.807, 2.05) is 30.3 Å². The Kier molecular flexibility index (Phi) is 5.43. The molecule has 0 radical (unpaired) electrons. The highest BCUT2D eigenvalue weighted by Gasteiger charge is 2.09. The van der Waals surface area contributed by atoms with Crippen molar-refractivity contribution < 1.29 is 15.0 Å². The molecule has 110 valence electrons. The summed E-state index contributed by atoms with van der Waals surface area (Å²) in [6, 6.07) is 14.7. The number of carboxylic acids is 1. The molecular formula is C16H18N2O3. The number of nitrogens with zero attached hydrogens (tertiary/aromatic N) is 1. The van der Waals surface area contributed by atoms with E-state index in [-0.39, 0.29) is 18.3 Å². The van der Waals surface area contributed by atoms with Crippen LogP contribution in [0.4, 0.5) is 0 Å². The second kappa shape index (κ2) is 7.52. The van der Waals surface area contributed by atoms with Gasteiger partial charge in [0.15, 0.2) is 0 Å². The zero-order valence-corrected chi connectivity index (χ0v) is 11.6. The predicted octanol–water partition coefficient (Wildman–Crippen LogP) is 1.47. The Hall–Kier alpha value is -2.24. The molecule has 0 amide bonds. The van der Waals surface area contributed by atoms with Crippen LogP contribution >= 0.6 is 0 Å². The molecule has 1 aromatic carbocycles. The zero-order chi connectivity index (χ0) is 15.1. The summed E-state index contributed by atoms with van der Waals surface area (Å²) < 4.78 is 0. The van der Waals surface area contributed by atoms with Crippen molar-refractivity contribution in [1.82, 2.24) is 10.3 Å². The van der Waals surface area contributed by atoms with E-state index in [0.29, 0.717) is 18.7 Å². The highest BCUT2D eigenvalue weighted by Crippen LogP contribution is 2.05. The Morgan fingerprint density at radius 2 is 1.90 bits per heavy atom. The fourth-order valence-corrected chi connectivity index (χ4v) is 2.05. The molecule has 0 spiro atoms. The Morgan fingerprint density at radius 1 is 1.14 bits per heavy atom. The van der Waals surface area contributed by atoms with Gasteiger partial charge in [-0.1, -0.05) is 36.4 Å². The third-order valence-electron chi connectivity index (χ3n) is 3.14. The first kappa shape index (κ1) is 15.2. The summed E-state index contributed by atoms with van der Waals surface area (Å²) in [5.41, 5.74) is 1.80. The first-order chi connectivity index (χ1) is 10.2. The van der Waals surface area contributed by atoms with Crippen LogP contribution in [-0.2, 0) is 13.0 Å². The molecule has 1 unspecified atom stereocenters. The van der Waals surface area contributed by atoms with Crippen molar-refractivity contribution in [3.05, 3.63) is 65.5 Å². The molecule has 0 fully saturated rings. The maximum Gasteiger partial charge on any atom is 0.354 e. The molecule has 5 heteroatoms. The number of aromatic carboxylic acids is 1. The van der Waals surface area contributed by atoms with Gasteiger partial charge in [0.05, 0.1) is 12.3 Å². The Bertz CT molecular complexity index is 587. The number of aromatic nitrogens is 1. The van der Waals surface area contributed by atoms with Gasteiger partial charge in [-0.2, -0.15) is 0 Å². The number of hydrogen-bond donors (Lipinski definition) is 3. The van der Waals surface area contributed by atoms with Crippen LogP contribution in [0.1, 0.15) is 21.7 Å². The molecule has 2 aromatic rings. The van der Waals surface area contributed by atoms with Crippen LogP contribution in [-0.4, -0.2) is 33.8 Å². The molecule has 1 atom stereocenters. The first-order valence-electron chi connectivity index (χ1n) is 6.76. The number of carbonyl (C=O) groups is 1. The van der Waals surface area contributed by atoms with Crippen LogP contribution in [0.3, 0.4) is 0 Å². The largest absolute Gasteiger partial charge is 0.477 e. The average Bonchev–Trinajstić information content (AvgIpc) is 2.52. The fraction of sp³-hybridized carbons (Fsp3) is 0.250. The molecule has 3 N–H and O–H groups in total. The first-order valence-corrected chi connectivity index (χ1v) is 6.76. The number of rotatable bonds is 7. The number of aliphatic hydroxyl groups excluding tert-OH is 1. The van der Waals surface area contributed by atoms with Crippen molar-refractivity contribution in [2.45, 2.75) is 19.0 Å². The topological polar surface area (TPSA) is 82.5 Å². The van der Waals surface area contributed by atoms with Crippen molar-refractivity contribution in [3.63, 3.8) is 0 Å². The van der Waals surface area contributed by atoms with Gasteiger partial charge < -0.3 is 15.5 Å². The number of carboxylic acid groups (broad SMARTS) is 1. The molecule has 5 nitrogen and oxygen atoms in total. The van der Waals surface area contributed by atoms with E-state index in [9.17, 15) is 9.90 Å². The van der Waals surface area contributed by atoms with E-state index in [1.165, 1.54) is 6.07 Å². The summed E-state index contributed by atoms with van der Waals surface area (Å²) >= 11 is 0. The average molecular weight is 286 g/mol. The van der Waals surface area contributed by atoms with Crippen LogP contribution < -0.4 is 5.32 Å². The molecule has 2 rings (SSSR count). The van der Waals surface area contributed by atoms with Crippen LogP contribution in [0.2, 0.25) is 0 Å². The van der Waals surface area contributed by atoms with Gasteiger partial charge in [-0.25, -0.2) is 9.78 Å². The van der Waals surface area contributed by atoms with Crippen LogP contribution in [0, 0.1) is 0 Å². The molecule has 0 saturated heterocycles. The summed E-state index contributed by atoms with van der Waals surface area (Å²) in [4.78, 5) is 14.9. The lowest BCUT2D eigenvalue weighted by Crippen LogP contribution is -2.34. The van der Waals surface area contributed by atoms with Crippen molar-refractivity contribution in [3.8, 4) is 0 Å². The van der Waals surface area contributed by atoms with E-state index in [4.69, 9.17) is 5.11 Å². The quantitative estimate of drug-likeness (QED) is 0.718. The lowest BCUT2D eigenvalue weighted by atomic mass is 10.1. The van der Waals surface area contributed by atoms with Gasteiger partial charge in [-0.15, -0.1) is 0 Å². The highest BCUT2D eigenvalue weighted by molar-refractivity contribution is 5.85. The van der Waals surface area contributed by atoms with Crippen molar-refractivity contribution >= 4 is 5.97 Å². The Balaban J connectivity index is 1.94. The predicted molar refractivity (Wildman–Crippen MR) is 79.1 cm³/mol. The molecule has 0 aliphatic heterocycles. The van der Waals surface area contributed by atoms with Gasteiger partial charge in [-0.05, 0) is 24.1 Å². The van der Waals surface area contributed by atoms with Crippen molar-refractivity contribution in [2.24, 2.45) is 0 Å². The van der Waals surface area contributed by atoms with E-state index >= 15 is 0 Å². The molecule has 0 aliphatic carbocycles. The van der Waals surface area contributed by atoms with Gasteiger partial charge in [0.25, 0.3) is 0 Å².